The Hall–Kier alpha value is -2.64. The first-order valence-electron chi connectivity index (χ1n) is 6.91. The highest BCUT2D eigenvalue weighted by Gasteiger charge is 2.05. The van der Waals surface area contributed by atoms with E-state index >= 15 is 0 Å². The fourth-order valence-corrected chi connectivity index (χ4v) is 3.19. The molecule has 5 aromatic rings. The van der Waals surface area contributed by atoms with E-state index in [2.05, 4.69) is 23.7 Å². The van der Waals surface area contributed by atoms with E-state index in [0.717, 1.165) is 33.6 Å². The quantitative estimate of drug-likeness (QED) is 0.493. The second-order valence-electron chi connectivity index (χ2n) is 4.73. The van der Waals surface area contributed by atoms with Crippen molar-refractivity contribution in [3.05, 3.63) is 59.4 Å². The molecule has 0 unspecified atom stereocenters. The summed E-state index contributed by atoms with van der Waals surface area (Å²) in [5, 5.41) is 1.98. The van der Waals surface area contributed by atoms with E-state index in [1.165, 1.54) is 11.7 Å². The molecule has 7 heteroatoms. The van der Waals surface area contributed by atoms with Crippen LogP contribution in [-0.4, -0.2) is 23.7 Å². The van der Waals surface area contributed by atoms with Gasteiger partial charge in [-0.3, -0.25) is 0 Å². The summed E-state index contributed by atoms with van der Waals surface area (Å²) < 4.78 is 8.10. The van der Waals surface area contributed by atoms with Crippen LogP contribution in [0.2, 0.25) is 0 Å². The average molecular weight is 337 g/mol. The summed E-state index contributed by atoms with van der Waals surface area (Å²) in [5.74, 6) is 0.840. The third kappa shape index (κ3) is 2.96. The molecule has 23 heavy (non-hydrogen) atoms. The molecule has 0 aliphatic rings. The zero-order valence-corrected chi connectivity index (χ0v) is 13.5. The molecule has 0 aliphatic heterocycles. The van der Waals surface area contributed by atoms with Crippen LogP contribution < -0.4 is 0 Å². The highest BCUT2D eigenvalue weighted by Crippen LogP contribution is 2.19. The number of H-pyrrole nitrogens is 1. The van der Waals surface area contributed by atoms with Gasteiger partial charge in [-0.2, -0.15) is 8.75 Å². The van der Waals surface area contributed by atoms with Crippen molar-refractivity contribution in [3.63, 3.8) is 0 Å². The molecule has 0 spiro atoms. The van der Waals surface area contributed by atoms with E-state index in [1.54, 1.807) is 11.3 Å². The molecule has 1 N–H and O–H groups in total. The molecule has 0 radical (unpaired) electrons. The zero-order chi connectivity index (χ0) is 15.5. The van der Waals surface area contributed by atoms with Crippen LogP contribution in [0.15, 0.2) is 59.4 Å². The first-order valence-corrected chi connectivity index (χ1v) is 8.58. The topological polar surface area (TPSA) is 67.3 Å². The second kappa shape index (κ2) is 6.23. The first-order chi connectivity index (χ1) is 11.4. The van der Waals surface area contributed by atoms with Gasteiger partial charge in [-0.05, 0) is 24.3 Å². The predicted octanol–water partition coefficient (Wildman–Crippen LogP) is 4.38. The second-order valence-corrected chi connectivity index (χ2v) is 5.98. The maximum Gasteiger partial charge on any atom is 0.158 e. The molecule has 3 heterocycles. The summed E-state index contributed by atoms with van der Waals surface area (Å²) in [7, 11) is 0. The van der Waals surface area contributed by atoms with E-state index in [0.29, 0.717) is 0 Å². The van der Waals surface area contributed by atoms with Crippen LogP contribution in [-0.2, 0) is 0 Å². The minimum Gasteiger partial charge on any atom is -0.337 e. The maximum absolute atomic E-state index is 4.44. The lowest BCUT2D eigenvalue weighted by atomic mass is 10.3. The van der Waals surface area contributed by atoms with Crippen molar-refractivity contribution in [1.82, 2.24) is 23.7 Å². The number of benzene rings is 2. The molecule has 112 valence electrons. The van der Waals surface area contributed by atoms with E-state index in [4.69, 9.17) is 0 Å². The maximum atomic E-state index is 4.44. The fourth-order valence-electron chi connectivity index (χ4n) is 2.13. The van der Waals surface area contributed by atoms with Crippen molar-refractivity contribution in [2.24, 2.45) is 0 Å². The third-order valence-electron chi connectivity index (χ3n) is 3.22. The number of fused-ring (bicyclic) bond motifs is 2. The van der Waals surface area contributed by atoms with Gasteiger partial charge in [0.1, 0.15) is 16.7 Å². The van der Waals surface area contributed by atoms with E-state index < -0.39 is 0 Å². The van der Waals surface area contributed by atoms with Gasteiger partial charge < -0.3 is 4.98 Å². The SMILES string of the molecule is c1ccc2[nH]c(-c3cscn3)nc2c1.c1ccc2nsnc2c1. The number of hydrogen-bond acceptors (Lipinski definition) is 6. The molecule has 0 saturated carbocycles. The van der Waals surface area contributed by atoms with Gasteiger partial charge in [0.15, 0.2) is 5.82 Å². The van der Waals surface area contributed by atoms with Gasteiger partial charge in [-0.1, -0.05) is 24.3 Å². The minimum atomic E-state index is 0.840. The smallest absolute Gasteiger partial charge is 0.158 e. The van der Waals surface area contributed by atoms with E-state index in [1.807, 2.05) is 59.4 Å². The largest absolute Gasteiger partial charge is 0.337 e. The Bertz CT molecular complexity index is 970. The van der Waals surface area contributed by atoms with Crippen LogP contribution in [0.1, 0.15) is 0 Å². The number of imidazole rings is 1. The summed E-state index contributed by atoms with van der Waals surface area (Å²) in [5.41, 5.74) is 6.73. The van der Waals surface area contributed by atoms with Gasteiger partial charge in [0, 0.05) is 5.38 Å². The Morgan fingerprint density at radius 1 is 0.826 bits per heavy atom. The van der Waals surface area contributed by atoms with Crippen LogP contribution in [0.5, 0.6) is 0 Å². The number of nitrogens with one attached hydrogen (secondary N) is 1. The molecule has 3 aromatic heterocycles. The third-order valence-corrected chi connectivity index (χ3v) is 4.37. The summed E-state index contributed by atoms with van der Waals surface area (Å²) in [6.07, 6.45) is 0. The number of thiazole rings is 1. The number of aromatic amines is 1. The van der Waals surface area contributed by atoms with Gasteiger partial charge >= 0.3 is 0 Å². The fraction of sp³-hybridized carbons (Fsp3) is 0. The Morgan fingerprint density at radius 3 is 2.17 bits per heavy atom. The number of rotatable bonds is 1. The van der Waals surface area contributed by atoms with Gasteiger partial charge in [-0.15, -0.1) is 11.3 Å². The standard InChI is InChI=1S/C10H7N3S.C6H4N2S/c1-2-4-8-7(3-1)12-10(13-8)9-5-14-6-11-9;1-2-4-6-5(3-1)7-9-8-6/h1-6H,(H,12,13);1-4H. The molecule has 0 aliphatic carbocycles. The van der Waals surface area contributed by atoms with Crippen molar-refractivity contribution in [2.75, 3.05) is 0 Å². The van der Waals surface area contributed by atoms with Crippen LogP contribution in [0.3, 0.4) is 0 Å². The normalized spacial score (nSPS) is 10.6. The summed E-state index contributed by atoms with van der Waals surface area (Å²) in [6, 6.07) is 15.8. The molecular weight excluding hydrogens is 326 g/mol. The van der Waals surface area contributed by atoms with Crippen molar-refractivity contribution in [1.29, 1.82) is 0 Å². The molecule has 0 bridgehead atoms. The zero-order valence-electron chi connectivity index (χ0n) is 11.9. The Labute approximate surface area is 140 Å². The lowest BCUT2D eigenvalue weighted by molar-refractivity contribution is 1.27. The molecule has 0 atom stereocenters. The lowest BCUT2D eigenvalue weighted by Gasteiger charge is -1.84. The van der Waals surface area contributed by atoms with Crippen molar-refractivity contribution in [3.8, 4) is 11.5 Å². The summed E-state index contributed by atoms with van der Waals surface area (Å²) in [6.45, 7) is 0. The minimum absolute atomic E-state index is 0.840. The monoisotopic (exact) mass is 337 g/mol. The van der Waals surface area contributed by atoms with Gasteiger partial charge in [0.2, 0.25) is 0 Å². The Morgan fingerprint density at radius 2 is 1.52 bits per heavy atom. The number of hydrogen-bond donors (Lipinski definition) is 1. The van der Waals surface area contributed by atoms with Crippen LogP contribution in [0.4, 0.5) is 0 Å². The number of para-hydroxylation sites is 2. The van der Waals surface area contributed by atoms with Gasteiger partial charge in [0.05, 0.1) is 28.3 Å². The van der Waals surface area contributed by atoms with Gasteiger partial charge in [-0.25, -0.2) is 9.97 Å². The van der Waals surface area contributed by atoms with Crippen molar-refractivity contribution >= 4 is 45.1 Å². The number of aromatic nitrogens is 5. The first kappa shape index (κ1) is 14.0. The lowest BCUT2D eigenvalue weighted by Crippen LogP contribution is -1.77. The molecule has 5 rings (SSSR count). The van der Waals surface area contributed by atoms with Crippen LogP contribution >= 0.6 is 23.1 Å². The highest BCUT2D eigenvalue weighted by molar-refractivity contribution is 7.07. The van der Waals surface area contributed by atoms with E-state index in [9.17, 15) is 0 Å². The van der Waals surface area contributed by atoms with Crippen LogP contribution in [0, 0.1) is 0 Å². The Balaban J connectivity index is 0.000000130. The number of nitrogens with zero attached hydrogens (tertiary/aromatic N) is 4. The predicted molar refractivity (Wildman–Crippen MR) is 94.6 cm³/mol. The molecular formula is C16H11N5S2. The molecule has 2 aromatic carbocycles. The Kier molecular flexibility index (Phi) is 3.79. The molecule has 0 amide bonds. The highest BCUT2D eigenvalue weighted by atomic mass is 32.1. The van der Waals surface area contributed by atoms with Gasteiger partial charge in [0.25, 0.3) is 0 Å². The summed E-state index contributed by atoms with van der Waals surface area (Å²) >= 11 is 2.83. The van der Waals surface area contributed by atoms with Crippen molar-refractivity contribution < 1.29 is 0 Å². The van der Waals surface area contributed by atoms with E-state index in [-0.39, 0.29) is 0 Å². The average Bonchev–Trinajstić information content (AvgIpc) is 3.33. The molecule has 5 nitrogen and oxygen atoms in total. The molecule has 0 saturated heterocycles. The summed E-state index contributed by atoms with van der Waals surface area (Å²) in [4.78, 5) is 11.9. The molecule has 0 fully saturated rings. The van der Waals surface area contributed by atoms with Crippen molar-refractivity contribution in [2.45, 2.75) is 0 Å². The van der Waals surface area contributed by atoms with Crippen LogP contribution in [0.25, 0.3) is 33.6 Å².